The molecule has 0 aromatic heterocycles. The molecule has 5 heteroatoms. The van der Waals surface area contributed by atoms with Crippen LogP contribution in [0.15, 0.2) is 17.1 Å². The van der Waals surface area contributed by atoms with Crippen LogP contribution in [0.2, 0.25) is 0 Å². The SMILES string of the molecule is CCCN(CCC)CCCN=C(NCC)NC1CC=CC1.I. The van der Waals surface area contributed by atoms with Gasteiger partial charge >= 0.3 is 0 Å². The van der Waals surface area contributed by atoms with E-state index in [0.717, 1.165) is 44.9 Å². The second-order valence-electron chi connectivity index (χ2n) is 5.74. The maximum Gasteiger partial charge on any atom is 0.191 e. The molecule has 0 spiro atoms. The van der Waals surface area contributed by atoms with Gasteiger partial charge in [-0.2, -0.15) is 0 Å². The van der Waals surface area contributed by atoms with Crippen LogP contribution < -0.4 is 10.6 Å². The highest BCUT2D eigenvalue weighted by Gasteiger charge is 2.11. The van der Waals surface area contributed by atoms with Gasteiger partial charge in [0.25, 0.3) is 0 Å². The van der Waals surface area contributed by atoms with Crippen molar-refractivity contribution in [2.75, 3.05) is 32.7 Å². The van der Waals surface area contributed by atoms with Gasteiger partial charge in [0.15, 0.2) is 5.96 Å². The Balaban J connectivity index is 0.00000441. The molecular weight excluding hydrogens is 387 g/mol. The van der Waals surface area contributed by atoms with Crippen LogP contribution in [0.5, 0.6) is 0 Å². The molecule has 0 bridgehead atoms. The summed E-state index contributed by atoms with van der Waals surface area (Å²) in [4.78, 5) is 7.26. The molecule has 0 fully saturated rings. The fourth-order valence-electron chi connectivity index (χ4n) is 2.70. The minimum atomic E-state index is 0. The summed E-state index contributed by atoms with van der Waals surface area (Å²) in [6.45, 7) is 12.0. The first kappa shape index (κ1) is 21.7. The molecular formula is C17H35IN4. The molecule has 22 heavy (non-hydrogen) atoms. The molecule has 2 N–H and O–H groups in total. The summed E-state index contributed by atoms with van der Waals surface area (Å²) in [7, 11) is 0. The Bertz CT molecular complexity index is 304. The van der Waals surface area contributed by atoms with E-state index in [1.807, 2.05) is 0 Å². The number of hydrogen-bond donors (Lipinski definition) is 2. The van der Waals surface area contributed by atoms with Crippen LogP contribution in [0, 0.1) is 0 Å². The van der Waals surface area contributed by atoms with E-state index in [2.05, 4.69) is 48.5 Å². The smallest absolute Gasteiger partial charge is 0.191 e. The molecule has 1 aliphatic rings. The molecule has 4 nitrogen and oxygen atoms in total. The molecule has 0 amide bonds. The van der Waals surface area contributed by atoms with Crippen molar-refractivity contribution in [2.45, 2.75) is 58.9 Å². The average molecular weight is 422 g/mol. The number of nitrogens with zero attached hydrogens (tertiary/aromatic N) is 2. The van der Waals surface area contributed by atoms with Crippen LogP contribution >= 0.6 is 24.0 Å². The summed E-state index contributed by atoms with van der Waals surface area (Å²) >= 11 is 0. The first-order chi connectivity index (χ1) is 10.3. The third-order valence-corrected chi connectivity index (χ3v) is 3.67. The Morgan fingerprint density at radius 2 is 1.73 bits per heavy atom. The third-order valence-electron chi connectivity index (χ3n) is 3.67. The molecule has 0 aliphatic heterocycles. The Morgan fingerprint density at radius 1 is 1.09 bits per heavy atom. The highest BCUT2D eigenvalue weighted by molar-refractivity contribution is 14.0. The van der Waals surface area contributed by atoms with E-state index in [1.165, 1.54) is 25.9 Å². The van der Waals surface area contributed by atoms with E-state index in [0.29, 0.717) is 6.04 Å². The zero-order valence-corrected chi connectivity index (χ0v) is 16.9. The first-order valence-electron chi connectivity index (χ1n) is 8.72. The summed E-state index contributed by atoms with van der Waals surface area (Å²) in [5.41, 5.74) is 0. The molecule has 1 rings (SSSR count). The van der Waals surface area contributed by atoms with Crippen molar-refractivity contribution in [3.8, 4) is 0 Å². The summed E-state index contributed by atoms with van der Waals surface area (Å²) in [5.74, 6) is 0.976. The molecule has 0 saturated carbocycles. The Kier molecular flexibility index (Phi) is 14.1. The van der Waals surface area contributed by atoms with Gasteiger partial charge < -0.3 is 15.5 Å². The van der Waals surface area contributed by atoms with E-state index in [-0.39, 0.29) is 24.0 Å². The number of nitrogens with one attached hydrogen (secondary N) is 2. The van der Waals surface area contributed by atoms with Crippen LogP contribution in [-0.4, -0.2) is 49.6 Å². The third kappa shape index (κ3) is 9.66. The van der Waals surface area contributed by atoms with Gasteiger partial charge in [0.1, 0.15) is 0 Å². The standard InChI is InChI=1S/C17H34N4.HI/c1-4-13-21(14-5-2)15-9-12-19-17(18-6-3)20-16-10-7-8-11-16;/h7-8,16H,4-6,9-15H2,1-3H3,(H2,18,19,20);1H. The van der Waals surface area contributed by atoms with Crippen molar-refractivity contribution in [1.29, 1.82) is 0 Å². The van der Waals surface area contributed by atoms with E-state index in [9.17, 15) is 0 Å². The number of rotatable bonds is 10. The lowest BCUT2D eigenvalue weighted by Gasteiger charge is -2.20. The largest absolute Gasteiger partial charge is 0.357 e. The lowest BCUT2D eigenvalue weighted by atomic mass is 10.2. The average Bonchev–Trinajstić information content (AvgIpc) is 2.97. The normalized spacial score (nSPS) is 15.2. The molecule has 1 aliphatic carbocycles. The molecule has 0 atom stereocenters. The van der Waals surface area contributed by atoms with Gasteiger partial charge in [-0.25, -0.2) is 0 Å². The number of hydrogen-bond acceptors (Lipinski definition) is 2. The van der Waals surface area contributed by atoms with Crippen LogP contribution in [0.1, 0.15) is 52.9 Å². The molecule has 0 heterocycles. The van der Waals surface area contributed by atoms with Gasteiger partial charge in [-0.3, -0.25) is 4.99 Å². The highest BCUT2D eigenvalue weighted by atomic mass is 127. The summed E-state index contributed by atoms with van der Waals surface area (Å²) < 4.78 is 0. The van der Waals surface area contributed by atoms with Crippen molar-refractivity contribution in [3.63, 3.8) is 0 Å². The van der Waals surface area contributed by atoms with Gasteiger partial charge in [-0.15, -0.1) is 24.0 Å². The monoisotopic (exact) mass is 422 g/mol. The lowest BCUT2D eigenvalue weighted by molar-refractivity contribution is 0.273. The molecule has 0 aromatic carbocycles. The fourth-order valence-corrected chi connectivity index (χ4v) is 2.70. The fraction of sp³-hybridized carbons (Fsp3) is 0.824. The van der Waals surface area contributed by atoms with E-state index < -0.39 is 0 Å². The minimum Gasteiger partial charge on any atom is -0.357 e. The highest BCUT2D eigenvalue weighted by Crippen LogP contribution is 2.08. The molecule has 0 radical (unpaired) electrons. The second-order valence-corrected chi connectivity index (χ2v) is 5.74. The zero-order chi connectivity index (χ0) is 15.3. The topological polar surface area (TPSA) is 39.7 Å². The minimum absolute atomic E-state index is 0. The van der Waals surface area contributed by atoms with Gasteiger partial charge in [0, 0.05) is 19.1 Å². The summed E-state index contributed by atoms with van der Waals surface area (Å²) in [6.07, 6.45) is 10.3. The number of halogens is 1. The lowest BCUT2D eigenvalue weighted by Crippen LogP contribution is -2.42. The summed E-state index contributed by atoms with van der Waals surface area (Å²) in [6, 6.07) is 0.527. The van der Waals surface area contributed by atoms with E-state index >= 15 is 0 Å². The molecule has 0 unspecified atom stereocenters. The zero-order valence-electron chi connectivity index (χ0n) is 14.6. The first-order valence-corrected chi connectivity index (χ1v) is 8.72. The van der Waals surface area contributed by atoms with Crippen LogP contribution in [0.3, 0.4) is 0 Å². The van der Waals surface area contributed by atoms with Crippen molar-refractivity contribution < 1.29 is 0 Å². The van der Waals surface area contributed by atoms with Crippen molar-refractivity contribution >= 4 is 29.9 Å². The van der Waals surface area contributed by atoms with Gasteiger partial charge in [-0.05, 0) is 58.7 Å². The van der Waals surface area contributed by atoms with Crippen molar-refractivity contribution in [1.82, 2.24) is 15.5 Å². The Labute approximate surface area is 154 Å². The van der Waals surface area contributed by atoms with Crippen LogP contribution in [0.25, 0.3) is 0 Å². The maximum atomic E-state index is 4.71. The van der Waals surface area contributed by atoms with Crippen LogP contribution in [-0.2, 0) is 0 Å². The van der Waals surface area contributed by atoms with Crippen LogP contribution in [0.4, 0.5) is 0 Å². The Morgan fingerprint density at radius 3 is 2.27 bits per heavy atom. The van der Waals surface area contributed by atoms with Crippen molar-refractivity contribution in [3.05, 3.63) is 12.2 Å². The van der Waals surface area contributed by atoms with Gasteiger partial charge in [-0.1, -0.05) is 26.0 Å². The van der Waals surface area contributed by atoms with Gasteiger partial charge in [0.2, 0.25) is 0 Å². The van der Waals surface area contributed by atoms with Gasteiger partial charge in [0.05, 0.1) is 0 Å². The summed E-state index contributed by atoms with van der Waals surface area (Å²) in [5, 5.41) is 6.86. The second kappa shape index (κ2) is 14.3. The number of guanidine groups is 1. The maximum absolute atomic E-state index is 4.71. The molecule has 0 aromatic rings. The van der Waals surface area contributed by atoms with Crippen molar-refractivity contribution in [2.24, 2.45) is 4.99 Å². The van der Waals surface area contributed by atoms with E-state index in [1.54, 1.807) is 0 Å². The predicted octanol–water partition coefficient (Wildman–Crippen LogP) is 3.39. The molecule has 0 saturated heterocycles. The quantitative estimate of drug-likeness (QED) is 0.186. The molecule has 130 valence electrons. The Hall–Kier alpha value is -0.300. The van der Waals surface area contributed by atoms with E-state index in [4.69, 9.17) is 4.99 Å². The number of aliphatic imine (C=N–C) groups is 1. The predicted molar refractivity (Wildman–Crippen MR) is 108 cm³/mol.